The molecule has 0 radical (unpaired) electrons. The Morgan fingerprint density at radius 2 is 1.51 bits per heavy atom. The van der Waals surface area contributed by atoms with Crippen molar-refractivity contribution in [3.05, 3.63) is 95.6 Å². The van der Waals surface area contributed by atoms with Crippen molar-refractivity contribution >= 4 is 18.2 Å². The normalized spacial score (nSPS) is 18.4. The average molecular weight is 501 g/mol. The maximum atomic E-state index is 12.9. The molecule has 2 N–H and O–H groups in total. The summed E-state index contributed by atoms with van der Waals surface area (Å²) < 4.78 is 10.9. The van der Waals surface area contributed by atoms with Crippen LogP contribution in [0.15, 0.2) is 78.9 Å². The van der Waals surface area contributed by atoms with Gasteiger partial charge in [0.05, 0.1) is 6.54 Å². The topological polar surface area (TPSA) is 105 Å². The minimum absolute atomic E-state index is 0.0678. The van der Waals surface area contributed by atoms with Crippen LogP contribution in [-0.4, -0.2) is 53.4 Å². The van der Waals surface area contributed by atoms with E-state index < -0.39 is 23.7 Å². The number of ether oxygens (including phenoxy) is 2. The third-order valence-corrected chi connectivity index (χ3v) is 7.05. The first kappa shape index (κ1) is 24.4. The number of carboxylic acid groups (broad SMARTS) is 1. The van der Waals surface area contributed by atoms with Gasteiger partial charge in [0.2, 0.25) is 0 Å². The Kier molecular flexibility index (Phi) is 6.81. The minimum Gasteiger partial charge on any atom is -0.479 e. The van der Waals surface area contributed by atoms with Gasteiger partial charge in [-0.2, -0.15) is 0 Å². The van der Waals surface area contributed by atoms with Crippen LogP contribution in [-0.2, 0) is 20.9 Å². The zero-order chi connectivity index (χ0) is 25.8. The Morgan fingerprint density at radius 3 is 2.16 bits per heavy atom. The number of aliphatic carboxylic acids is 1. The Morgan fingerprint density at radius 1 is 0.892 bits per heavy atom. The quantitative estimate of drug-likeness (QED) is 0.505. The molecule has 3 aromatic carbocycles. The largest absolute Gasteiger partial charge is 0.479 e. The molecule has 0 saturated carbocycles. The van der Waals surface area contributed by atoms with Crippen LogP contribution in [0.1, 0.15) is 35.4 Å². The number of hydrogen-bond acceptors (Lipinski definition) is 5. The fourth-order valence-corrected chi connectivity index (χ4v) is 5.18. The van der Waals surface area contributed by atoms with Gasteiger partial charge in [-0.1, -0.05) is 78.9 Å². The van der Waals surface area contributed by atoms with E-state index in [4.69, 9.17) is 9.47 Å². The van der Waals surface area contributed by atoms with Crippen molar-refractivity contribution in [3.8, 4) is 11.1 Å². The maximum Gasteiger partial charge on any atom is 0.410 e. The third-order valence-electron chi connectivity index (χ3n) is 7.05. The van der Waals surface area contributed by atoms with Crippen molar-refractivity contribution in [1.82, 2.24) is 10.2 Å². The molecular formula is C29H28N2O6. The number of alkyl carbamates (subject to hydrolysis) is 1. The van der Waals surface area contributed by atoms with Gasteiger partial charge < -0.3 is 24.8 Å². The van der Waals surface area contributed by atoms with Gasteiger partial charge in [-0.3, -0.25) is 0 Å². The lowest BCUT2D eigenvalue weighted by atomic mass is 9.89. The number of amides is 2. The van der Waals surface area contributed by atoms with E-state index in [2.05, 4.69) is 5.32 Å². The summed E-state index contributed by atoms with van der Waals surface area (Å²) in [5.41, 5.74) is 3.50. The molecule has 1 aliphatic carbocycles. The van der Waals surface area contributed by atoms with E-state index in [1.807, 2.05) is 78.9 Å². The summed E-state index contributed by atoms with van der Waals surface area (Å²) in [6.07, 6.45) is -0.877. The Bertz CT molecular complexity index is 1270. The van der Waals surface area contributed by atoms with Crippen LogP contribution in [0.25, 0.3) is 11.1 Å². The molecule has 2 amide bonds. The summed E-state index contributed by atoms with van der Waals surface area (Å²) in [6, 6.07) is 25.2. The van der Waals surface area contributed by atoms with E-state index in [1.165, 1.54) is 4.90 Å². The summed E-state index contributed by atoms with van der Waals surface area (Å²) in [5, 5.41) is 12.6. The first-order valence-electron chi connectivity index (χ1n) is 12.3. The van der Waals surface area contributed by atoms with Gasteiger partial charge in [-0.15, -0.1) is 0 Å². The maximum absolute atomic E-state index is 12.9. The van der Waals surface area contributed by atoms with E-state index in [9.17, 15) is 19.5 Å². The second-order valence-corrected chi connectivity index (χ2v) is 9.40. The number of nitrogens with zero attached hydrogens (tertiary/aromatic N) is 1. The van der Waals surface area contributed by atoms with Crippen molar-refractivity contribution in [3.63, 3.8) is 0 Å². The van der Waals surface area contributed by atoms with E-state index in [-0.39, 0.29) is 32.1 Å². The summed E-state index contributed by atoms with van der Waals surface area (Å²) in [5.74, 6) is -1.36. The van der Waals surface area contributed by atoms with Crippen LogP contribution in [0, 0.1) is 0 Å². The molecular weight excluding hydrogens is 472 g/mol. The first-order chi connectivity index (χ1) is 18.0. The SMILES string of the molecule is O=C(NC1(C(=O)O)CCCN(C(=O)OCc2ccccc2)C1)OCC1c2ccccc2-c2ccccc21. The molecule has 3 aromatic rings. The van der Waals surface area contributed by atoms with E-state index in [0.29, 0.717) is 13.0 Å². The predicted octanol–water partition coefficient (Wildman–Crippen LogP) is 4.78. The monoisotopic (exact) mass is 500 g/mol. The average Bonchev–Trinajstić information content (AvgIpc) is 3.25. The molecule has 1 atom stereocenters. The lowest BCUT2D eigenvalue weighted by Gasteiger charge is -2.39. The lowest BCUT2D eigenvalue weighted by Crippen LogP contribution is -2.64. The molecule has 0 bridgehead atoms. The Hall–Kier alpha value is -4.33. The molecule has 5 rings (SSSR count). The fourth-order valence-electron chi connectivity index (χ4n) is 5.18. The van der Waals surface area contributed by atoms with Crippen LogP contribution >= 0.6 is 0 Å². The number of piperidine rings is 1. The molecule has 2 aliphatic rings. The number of hydrogen-bond donors (Lipinski definition) is 2. The number of carboxylic acids is 1. The predicted molar refractivity (Wildman–Crippen MR) is 136 cm³/mol. The fraction of sp³-hybridized carbons (Fsp3) is 0.276. The molecule has 8 nitrogen and oxygen atoms in total. The highest BCUT2D eigenvalue weighted by atomic mass is 16.6. The zero-order valence-corrected chi connectivity index (χ0v) is 20.3. The smallest absolute Gasteiger partial charge is 0.410 e. The Labute approximate surface area is 214 Å². The molecule has 0 aromatic heterocycles. The molecule has 1 fully saturated rings. The summed E-state index contributed by atoms with van der Waals surface area (Å²) in [6.45, 7) is 0.281. The van der Waals surface area contributed by atoms with Crippen molar-refractivity contribution in [1.29, 1.82) is 0 Å². The molecule has 1 aliphatic heterocycles. The van der Waals surface area contributed by atoms with E-state index in [1.54, 1.807) is 0 Å². The van der Waals surface area contributed by atoms with Gasteiger partial charge in [-0.05, 0) is 40.7 Å². The number of nitrogens with one attached hydrogen (secondary N) is 1. The highest BCUT2D eigenvalue weighted by Crippen LogP contribution is 2.44. The van der Waals surface area contributed by atoms with Gasteiger partial charge in [0, 0.05) is 12.5 Å². The van der Waals surface area contributed by atoms with Crippen LogP contribution in [0.3, 0.4) is 0 Å². The standard InChI is InChI=1S/C29H28N2O6/c32-26(33)29(15-8-16-31(19-29)28(35)37-17-20-9-2-1-3-10-20)30-27(34)36-18-25-23-13-6-4-11-21(23)22-12-5-7-14-24(22)25/h1-7,9-14,25H,8,15-19H2,(H,30,34)(H,32,33). The van der Waals surface area contributed by atoms with Gasteiger partial charge >= 0.3 is 18.2 Å². The Balaban J connectivity index is 1.23. The third kappa shape index (κ3) is 5.00. The molecule has 37 heavy (non-hydrogen) atoms. The molecule has 0 spiro atoms. The molecule has 1 unspecified atom stereocenters. The number of rotatable bonds is 6. The van der Waals surface area contributed by atoms with Crippen LogP contribution in [0.2, 0.25) is 0 Å². The van der Waals surface area contributed by atoms with Gasteiger partial charge in [0.1, 0.15) is 13.2 Å². The summed E-state index contributed by atoms with van der Waals surface area (Å²) in [7, 11) is 0. The van der Waals surface area contributed by atoms with Gasteiger partial charge in [-0.25, -0.2) is 14.4 Å². The van der Waals surface area contributed by atoms with Gasteiger partial charge in [0.25, 0.3) is 0 Å². The number of benzene rings is 3. The van der Waals surface area contributed by atoms with Gasteiger partial charge in [0.15, 0.2) is 5.54 Å². The number of likely N-dealkylation sites (tertiary alicyclic amines) is 1. The lowest BCUT2D eigenvalue weighted by molar-refractivity contribution is -0.146. The first-order valence-corrected chi connectivity index (χ1v) is 12.3. The van der Waals surface area contributed by atoms with E-state index in [0.717, 1.165) is 27.8 Å². The minimum atomic E-state index is -1.66. The van der Waals surface area contributed by atoms with Crippen LogP contribution in [0.4, 0.5) is 9.59 Å². The molecule has 1 heterocycles. The summed E-state index contributed by atoms with van der Waals surface area (Å²) in [4.78, 5) is 39.1. The zero-order valence-electron chi connectivity index (χ0n) is 20.3. The van der Waals surface area contributed by atoms with Crippen molar-refractivity contribution in [2.45, 2.75) is 30.9 Å². The number of carbonyl (C=O) groups is 3. The highest BCUT2D eigenvalue weighted by molar-refractivity contribution is 5.86. The number of fused-ring (bicyclic) bond motifs is 3. The highest BCUT2D eigenvalue weighted by Gasteiger charge is 2.46. The van der Waals surface area contributed by atoms with Crippen molar-refractivity contribution in [2.75, 3.05) is 19.7 Å². The summed E-state index contributed by atoms with van der Waals surface area (Å²) >= 11 is 0. The van der Waals surface area contributed by atoms with E-state index >= 15 is 0 Å². The van der Waals surface area contributed by atoms with Crippen LogP contribution in [0.5, 0.6) is 0 Å². The second kappa shape index (κ2) is 10.3. The van der Waals surface area contributed by atoms with Crippen molar-refractivity contribution in [2.24, 2.45) is 0 Å². The second-order valence-electron chi connectivity index (χ2n) is 9.40. The molecule has 8 heteroatoms. The number of carbonyl (C=O) groups excluding carboxylic acids is 2. The van der Waals surface area contributed by atoms with Crippen LogP contribution < -0.4 is 5.32 Å². The molecule has 1 saturated heterocycles. The molecule has 190 valence electrons. The van der Waals surface area contributed by atoms with Crippen molar-refractivity contribution < 1.29 is 29.0 Å².